The molecule has 150 valence electrons. The van der Waals surface area contributed by atoms with Gasteiger partial charge in [-0.15, -0.1) is 0 Å². The molecule has 0 saturated carbocycles. The van der Waals surface area contributed by atoms with Crippen LogP contribution >= 0.6 is 0 Å². The molecule has 4 aromatic carbocycles. The normalized spacial score (nSPS) is 14.8. The van der Waals surface area contributed by atoms with Crippen LogP contribution in [0.3, 0.4) is 0 Å². The highest BCUT2D eigenvalue weighted by Crippen LogP contribution is 2.47. The quantitative estimate of drug-likeness (QED) is 0.334. The zero-order valence-electron chi connectivity index (χ0n) is 17.2. The summed E-state index contributed by atoms with van der Waals surface area (Å²) in [5, 5.41) is 6.89. The Labute approximate surface area is 180 Å². The molecule has 6 rings (SSSR count). The summed E-state index contributed by atoms with van der Waals surface area (Å²) >= 11 is 0. The van der Waals surface area contributed by atoms with Crippen molar-refractivity contribution < 1.29 is 4.42 Å². The Bertz CT molecular complexity index is 1510. The molecule has 1 aliphatic rings. The van der Waals surface area contributed by atoms with Crippen molar-refractivity contribution in [3.8, 4) is 11.1 Å². The van der Waals surface area contributed by atoms with Gasteiger partial charge >= 0.3 is 5.63 Å². The van der Waals surface area contributed by atoms with Crippen LogP contribution < -0.4 is 10.9 Å². The molecule has 3 nitrogen and oxygen atoms in total. The van der Waals surface area contributed by atoms with E-state index in [1.807, 2.05) is 36.4 Å². The molecule has 2 heterocycles. The number of rotatable bonds is 2. The number of hydrogen-bond donors (Lipinski definition) is 1. The van der Waals surface area contributed by atoms with Crippen LogP contribution in [0.1, 0.15) is 29.7 Å². The summed E-state index contributed by atoms with van der Waals surface area (Å²) in [6, 6.07) is 28.6. The average molecular weight is 403 g/mol. The minimum absolute atomic E-state index is 0.268. The van der Waals surface area contributed by atoms with Crippen LogP contribution in [0, 0.1) is 0 Å². The second-order valence-corrected chi connectivity index (χ2v) is 8.06. The summed E-state index contributed by atoms with van der Waals surface area (Å²) in [5.74, 6) is 0. The number of para-hydroxylation sites is 1. The van der Waals surface area contributed by atoms with E-state index < -0.39 is 0 Å². The first kappa shape index (κ1) is 18.0. The van der Waals surface area contributed by atoms with E-state index in [1.165, 1.54) is 5.56 Å². The maximum atomic E-state index is 13.3. The van der Waals surface area contributed by atoms with Gasteiger partial charge in [0, 0.05) is 22.2 Å². The second kappa shape index (κ2) is 6.85. The van der Waals surface area contributed by atoms with Crippen LogP contribution in [-0.2, 0) is 6.42 Å². The molecule has 0 amide bonds. The van der Waals surface area contributed by atoms with E-state index >= 15 is 0 Å². The Kier molecular flexibility index (Phi) is 3.97. The van der Waals surface area contributed by atoms with Crippen molar-refractivity contribution in [1.29, 1.82) is 0 Å². The highest BCUT2D eigenvalue weighted by atomic mass is 16.4. The first-order valence-electron chi connectivity index (χ1n) is 10.7. The van der Waals surface area contributed by atoms with Crippen molar-refractivity contribution >= 4 is 27.4 Å². The predicted molar refractivity (Wildman–Crippen MR) is 127 cm³/mol. The lowest BCUT2D eigenvalue weighted by molar-refractivity contribution is 0.547. The van der Waals surface area contributed by atoms with Crippen LogP contribution in [0.2, 0.25) is 0 Å². The fourth-order valence-corrected chi connectivity index (χ4v) is 4.78. The molecule has 31 heavy (non-hydrogen) atoms. The van der Waals surface area contributed by atoms with Crippen LogP contribution in [-0.4, -0.2) is 0 Å². The SMILES string of the molecule is CCc1ccc(C2Nc3ccc4ccccc4c3-c3c2c(=O)oc2ccccc32)cc1. The molecule has 1 aromatic heterocycles. The molecule has 1 unspecified atom stereocenters. The van der Waals surface area contributed by atoms with Crippen LogP contribution in [0.4, 0.5) is 5.69 Å². The third-order valence-corrected chi connectivity index (χ3v) is 6.34. The Balaban J connectivity index is 1.73. The molecule has 3 heteroatoms. The largest absolute Gasteiger partial charge is 0.422 e. The highest BCUT2D eigenvalue weighted by Gasteiger charge is 2.32. The van der Waals surface area contributed by atoms with Gasteiger partial charge in [0.25, 0.3) is 0 Å². The fourth-order valence-electron chi connectivity index (χ4n) is 4.78. The lowest BCUT2D eigenvalue weighted by atomic mass is 9.83. The lowest BCUT2D eigenvalue weighted by Gasteiger charge is -2.30. The number of aryl methyl sites for hydroxylation is 1. The molecule has 1 atom stereocenters. The Hall–Kier alpha value is -3.85. The smallest absolute Gasteiger partial charge is 0.342 e. The van der Waals surface area contributed by atoms with E-state index in [9.17, 15) is 4.79 Å². The van der Waals surface area contributed by atoms with Gasteiger partial charge in [-0.2, -0.15) is 0 Å². The average Bonchev–Trinajstić information content (AvgIpc) is 2.83. The minimum Gasteiger partial charge on any atom is -0.422 e. The van der Waals surface area contributed by atoms with E-state index in [4.69, 9.17) is 4.42 Å². The van der Waals surface area contributed by atoms with Gasteiger partial charge < -0.3 is 9.73 Å². The molecule has 0 saturated heterocycles. The molecule has 0 spiro atoms. The Morgan fingerprint density at radius 3 is 2.35 bits per heavy atom. The van der Waals surface area contributed by atoms with Crippen molar-refractivity contribution in [3.63, 3.8) is 0 Å². The molecular formula is C28H21NO2. The number of benzene rings is 4. The standard InChI is InChI=1S/C28H21NO2/c1-2-17-11-13-19(14-12-17)27-26-25(21-9-5-6-10-23(21)31-28(26)30)24-20-8-4-3-7-18(20)15-16-22(24)29-27/h3-16,27,29H,2H2,1H3. The van der Waals surface area contributed by atoms with E-state index in [0.717, 1.165) is 45.0 Å². The Morgan fingerprint density at radius 2 is 1.55 bits per heavy atom. The van der Waals surface area contributed by atoms with Crippen molar-refractivity contribution in [2.45, 2.75) is 19.4 Å². The predicted octanol–water partition coefficient (Wildman–Crippen LogP) is 6.69. The Morgan fingerprint density at radius 1 is 0.806 bits per heavy atom. The molecule has 1 aliphatic heterocycles. The molecule has 0 radical (unpaired) electrons. The second-order valence-electron chi connectivity index (χ2n) is 8.06. The van der Waals surface area contributed by atoms with E-state index in [0.29, 0.717) is 11.1 Å². The van der Waals surface area contributed by atoms with Crippen molar-refractivity contribution in [3.05, 3.63) is 112 Å². The minimum atomic E-state index is -0.288. The molecular weight excluding hydrogens is 382 g/mol. The summed E-state index contributed by atoms with van der Waals surface area (Å²) < 4.78 is 5.79. The van der Waals surface area contributed by atoms with Crippen LogP contribution in [0.5, 0.6) is 0 Å². The van der Waals surface area contributed by atoms with E-state index in [-0.39, 0.29) is 11.7 Å². The van der Waals surface area contributed by atoms with Crippen LogP contribution in [0.15, 0.2) is 94.1 Å². The maximum absolute atomic E-state index is 13.3. The first-order valence-corrected chi connectivity index (χ1v) is 10.7. The van der Waals surface area contributed by atoms with Gasteiger partial charge in [-0.25, -0.2) is 4.79 Å². The van der Waals surface area contributed by atoms with Crippen LogP contribution in [0.25, 0.3) is 32.9 Å². The van der Waals surface area contributed by atoms with Gasteiger partial charge in [0.15, 0.2) is 0 Å². The molecule has 0 bridgehead atoms. The molecule has 5 aromatic rings. The van der Waals surface area contributed by atoms with Crippen molar-refractivity contribution in [2.24, 2.45) is 0 Å². The van der Waals surface area contributed by atoms with Crippen molar-refractivity contribution in [1.82, 2.24) is 0 Å². The van der Waals surface area contributed by atoms with E-state index in [1.54, 1.807) is 0 Å². The zero-order chi connectivity index (χ0) is 20.9. The zero-order valence-corrected chi connectivity index (χ0v) is 17.2. The third kappa shape index (κ3) is 2.70. The number of nitrogens with one attached hydrogen (secondary N) is 1. The van der Waals surface area contributed by atoms with Gasteiger partial charge in [-0.05, 0) is 40.5 Å². The number of fused-ring (bicyclic) bond motifs is 7. The van der Waals surface area contributed by atoms with Gasteiger partial charge in [-0.1, -0.05) is 79.7 Å². The molecule has 0 fully saturated rings. The maximum Gasteiger partial charge on any atom is 0.342 e. The molecule has 1 N–H and O–H groups in total. The van der Waals surface area contributed by atoms with Gasteiger partial charge in [0.05, 0.1) is 11.6 Å². The summed E-state index contributed by atoms with van der Waals surface area (Å²) in [6.07, 6.45) is 0.983. The number of hydrogen-bond acceptors (Lipinski definition) is 3. The van der Waals surface area contributed by atoms with Crippen molar-refractivity contribution in [2.75, 3.05) is 5.32 Å². The summed E-state index contributed by atoms with van der Waals surface area (Å²) in [6.45, 7) is 2.14. The third-order valence-electron chi connectivity index (χ3n) is 6.34. The lowest BCUT2D eigenvalue weighted by Crippen LogP contribution is -2.25. The molecule has 0 aliphatic carbocycles. The summed E-state index contributed by atoms with van der Waals surface area (Å²) in [5.41, 5.74) is 6.41. The monoisotopic (exact) mass is 403 g/mol. The van der Waals surface area contributed by atoms with Gasteiger partial charge in [-0.3, -0.25) is 0 Å². The fraction of sp³-hybridized carbons (Fsp3) is 0.107. The first-order chi connectivity index (χ1) is 15.2. The summed E-state index contributed by atoms with van der Waals surface area (Å²) in [7, 11) is 0. The van der Waals surface area contributed by atoms with E-state index in [2.05, 4.69) is 60.8 Å². The highest BCUT2D eigenvalue weighted by molar-refractivity contribution is 6.11. The number of anilines is 1. The summed E-state index contributed by atoms with van der Waals surface area (Å²) in [4.78, 5) is 13.3. The van der Waals surface area contributed by atoms with Gasteiger partial charge in [0.2, 0.25) is 0 Å². The van der Waals surface area contributed by atoms with Gasteiger partial charge in [0.1, 0.15) is 5.58 Å². The topological polar surface area (TPSA) is 42.2 Å².